The van der Waals surface area contributed by atoms with Crippen LogP contribution in [0.1, 0.15) is 38.1 Å². The summed E-state index contributed by atoms with van der Waals surface area (Å²) in [6.07, 6.45) is 4.13. The lowest BCUT2D eigenvalue weighted by Gasteiger charge is -2.26. The predicted molar refractivity (Wildman–Crippen MR) is 76.0 cm³/mol. The van der Waals surface area contributed by atoms with E-state index < -0.39 is 0 Å². The number of aromatic nitrogens is 2. The number of aryl methyl sites for hydroxylation is 1. The molecule has 4 heteroatoms. The quantitative estimate of drug-likeness (QED) is 0.809. The number of benzene rings is 1. The van der Waals surface area contributed by atoms with E-state index in [2.05, 4.69) is 27.8 Å². The molecule has 1 aliphatic heterocycles. The molecule has 0 amide bonds. The van der Waals surface area contributed by atoms with E-state index in [0.717, 1.165) is 46.9 Å². The van der Waals surface area contributed by atoms with Crippen molar-refractivity contribution in [3.05, 3.63) is 38.9 Å². The summed E-state index contributed by atoms with van der Waals surface area (Å²) in [6.45, 7) is 2.14. The Bertz CT molecular complexity index is 663. The minimum atomic E-state index is 0.119. The highest BCUT2D eigenvalue weighted by Crippen LogP contribution is 2.26. The fourth-order valence-corrected chi connectivity index (χ4v) is 3.13. The first kappa shape index (κ1) is 11.9. The van der Waals surface area contributed by atoms with E-state index in [4.69, 9.17) is 0 Å². The molecule has 2 heterocycles. The summed E-state index contributed by atoms with van der Waals surface area (Å²) in [7, 11) is 0. The van der Waals surface area contributed by atoms with Crippen molar-refractivity contribution in [3.63, 3.8) is 0 Å². The van der Waals surface area contributed by atoms with Gasteiger partial charge in [-0.05, 0) is 37.5 Å². The highest BCUT2D eigenvalue weighted by atomic mass is 79.9. The molecule has 3 rings (SSSR count). The van der Waals surface area contributed by atoms with Gasteiger partial charge in [0, 0.05) is 16.9 Å². The highest BCUT2D eigenvalue weighted by Gasteiger charge is 2.21. The van der Waals surface area contributed by atoms with E-state index in [9.17, 15) is 4.79 Å². The van der Waals surface area contributed by atoms with Crippen LogP contribution in [0.5, 0.6) is 0 Å². The van der Waals surface area contributed by atoms with Gasteiger partial charge >= 0.3 is 0 Å². The lowest BCUT2D eigenvalue weighted by molar-refractivity contribution is 0.372. The smallest absolute Gasteiger partial charge is 0.261 e. The molecule has 0 bridgehead atoms. The van der Waals surface area contributed by atoms with Crippen molar-refractivity contribution in [2.75, 3.05) is 0 Å². The van der Waals surface area contributed by atoms with Gasteiger partial charge in [-0.25, -0.2) is 4.98 Å². The molecule has 0 saturated heterocycles. The van der Waals surface area contributed by atoms with Gasteiger partial charge in [0.1, 0.15) is 5.82 Å². The van der Waals surface area contributed by atoms with Crippen molar-refractivity contribution < 1.29 is 0 Å². The van der Waals surface area contributed by atoms with Crippen molar-refractivity contribution >= 4 is 26.8 Å². The summed E-state index contributed by atoms with van der Waals surface area (Å²) >= 11 is 3.43. The molecule has 1 aromatic carbocycles. The molecule has 1 aromatic heterocycles. The third kappa shape index (κ3) is 1.79. The Morgan fingerprint density at radius 2 is 2.33 bits per heavy atom. The largest absolute Gasteiger partial charge is 0.293 e. The average Bonchev–Trinajstić information content (AvgIpc) is 2.37. The van der Waals surface area contributed by atoms with E-state index in [1.807, 2.05) is 22.8 Å². The number of nitrogens with zero attached hydrogens (tertiary/aromatic N) is 2. The van der Waals surface area contributed by atoms with E-state index in [1.54, 1.807) is 0 Å². The van der Waals surface area contributed by atoms with Gasteiger partial charge in [0.05, 0.1) is 10.9 Å². The summed E-state index contributed by atoms with van der Waals surface area (Å²) in [5, 5.41) is 0.724. The molecule has 2 aromatic rings. The standard InChI is InChI=1S/C14H15BrN2O/c1-2-10-4-3-5-13-16-12-8-9(15)6-7-11(12)14(18)17(10)13/h6-8,10H,2-5H2,1H3. The van der Waals surface area contributed by atoms with Crippen LogP contribution in [-0.2, 0) is 6.42 Å². The minimum absolute atomic E-state index is 0.119. The third-order valence-electron chi connectivity index (χ3n) is 3.71. The fraction of sp³-hybridized carbons (Fsp3) is 0.429. The van der Waals surface area contributed by atoms with Crippen molar-refractivity contribution in [1.82, 2.24) is 9.55 Å². The summed E-state index contributed by atoms with van der Waals surface area (Å²) in [5.41, 5.74) is 0.923. The topological polar surface area (TPSA) is 34.9 Å². The lowest BCUT2D eigenvalue weighted by atomic mass is 10.0. The number of hydrogen-bond donors (Lipinski definition) is 0. The molecule has 94 valence electrons. The second-order valence-corrected chi connectivity index (χ2v) is 5.73. The van der Waals surface area contributed by atoms with Gasteiger partial charge in [0.25, 0.3) is 5.56 Å². The molecule has 0 spiro atoms. The van der Waals surface area contributed by atoms with Crippen LogP contribution >= 0.6 is 15.9 Å². The van der Waals surface area contributed by atoms with Crippen LogP contribution in [0.25, 0.3) is 10.9 Å². The molecule has 1 aliphatic rings. The van der Waals surface area contributed by atoms with Crippen LogP contribution in [0.4, 0.5) is 0 Å². The fourth-order valence-electron chi connectivity index (χ4n) is 2.78. The van der Waals surface area contributed by atoms with Gasteiger partial charge in [-0.1, -0.05) is 22.9 Å². The van der Waals surface area contributed by atoms with Crippen LogP contribution in [0.2, 0.25) is 0 Å². The van der Waals surface area contributed by atoms with Crippen LogP contribution in [-0.4, -0.2) is 9.55 Å². The van der Waals surface area contributed by atoms with Crippen molar-refractivity contribution in [1.29, 1.82) is 0 Å². The molecule has 0 aliphatic carbocycles. The molecule has 0 N–H and O–H groups in total. The molecule has 18 heavy (non-hydrogen) atoms. The summed E-state index contributed by atoms with van der Waals surface area (Å²) in [4.78, 5) is 17.2. The monoisotopic (exact) mass is 306 g/mol. The van der Waals surface area contributed by atoms with Gasteiger partial charge < -0.3 is 0 Å². The maximum absolute atomic E-state index is 12.6. The van der Waals surface area contributed by atoms with Crippen LogP contribution in [0.15, 0.2) is 27.5 Å². The minimum Gasteiger partial charge on any atom is -0.293 e. The van der Waals surface area contributed by atoms with Crippen molar-refractivity contribution in [2.24, 2.45) is 0 Å². The third-order valence-corrected chi connectivity index (χ3v) is 4.20. The summed E-state index contributed by atoms with van der Waals surface area (Å²) < 4.78 is 2.88. The summed E-state index contributed by atoms with van der Waals surface area (Å²) in [6, 6.07) is 6.01. The Hall–Kier alpha value is -1.16. The first-order chi connectivity index (χ1) is 8.70. The number of rotatable bonds is 1. The maximum Gasteiger partial charge on any atom is 0.261 e. The van der Waals surface area contributed by atoms with E-state index in [1.165, 1.54) is 0 Å². The molecule has 0 saturated carbocycles. The van der Waals surface area contributed by atoms with Gasteiger partial charge in [0.2, 0.25) is 0 Å². The molecular formula is C14H15BrN2O. The molecule has 1 unspecified atom stereocenters. The first-order valence-electron chi connectivity index (χ1n) is 6.41. The SMILES string of the molecule is CCC1CCCc2nc3cc(Br)ccc3c(=O)n21. The average molecular weight is 307 g/mol. The van der Waals surface area contributed by atoms with E-state index in [-0.39, 0.29) is 5.56 Å². The predicted octanol–water partition coefficient (Wildman–Crippen LogP) is 3.45. The maximum atomic E-state index is 12.6. The zero-order chi connectivity index (χ0) is 12.7. The molecule has 1 atom stereocenters. The Labute approximate surface area is 114 Å². The number of hydrogen-bond acceptors (Lipinski definition) is 2. The van der Waals surface area contributed by atoms with Crippen LogP contribution in [0.3, 0.4) is 0 Å². The first-order valence-corrected chi connectivity index (χ1v) is 7.20. The van der Waals surface area contributed by atoms with Crippen LogP contribution < -0.4 is 5.56 Å². The van der Waals surface area contributed by atoms with Gasteiger partial charge in [0.15, 0.2) is 0 Å². The highest BCUT2D eigenvalue weighted by molar-refractivity contribution is 9.10. The molecular weight excluding hydrogens is 292 g/mol. The van der Waals surface area contributed by atoms with E-state index in [0.29, 0.717) is 6.04 Å². The zero-order valence-electron chi connectivity index (χ0n) is 10.3. The molecule has 0 radical (unpaired) electrons. The Morgan fingerprint density at radius 3 is 3.11 bits per heavy atom. The molecule has 0 fully saturated rings. The number of halogens is 1. The lowest BCUT2D eigenvalue weighted by Crippen LogP contribution is -2.32. The number of fused-ring (bicyclic) bond motifs is 2. The normalized spacial score (nSPS) is 18.9. The second-order valence-electron chi connectivity index (χ2n) is 4.82. The van der Waals surface area contributed by atoms with Crippen molar-refractivity contribution in [3.8, 4) is 0 Å². The Balaban J connectivity index is 2.34. The second kappa shape index (κ2) is 4.50. The van der Waals surface area contributed by atoms with Gasteiger partial charge in [-0.3, -0.25) is 9.36 Å². The van der Waals surface area contributed by atoms with E-state index >= 15 is 0 Å². The van der Waals surface area contributed by atoms with Gasteiger partial charge in [-0.15, -0.1) is 0 Å². The molecule has 3 nitrogen and oxygen atoms in total. The zero-order valence-corrected chi connectivity index (χ0v) is 11.9. The Morgan fingerprint density at radius 1 is 1.50 bits per heavy atom. The Kier molecular flexibility index (Phi) is 2.98. The summed E-state index contributed by atoms with van der Waals surface area (Å²) in [5.74, 6) is 0.948. The van der Waals surface area contributed by atoms with Crippen LogP contribution in [0, 0.1) is 0 Å². The van der Waals surface area contributed by atoms with Gasteiger partial charge in [-0.2, -0.15) is 0 Å². The van der Waals surface area contributed by atoms with Crippen molar-refractivity contribution in [2.45, 2.75) is 38.6 Å².